The Bertz CT molecular complexity index is 797. The van der Waals surface area contributed by atoms with Crippen LogP contribution in [0.2, 0.25) is 0 Å². The van der Waals surface area contributed by atoms with Gasteiger partial charge in [-0.2, -0.15) is 4.31 Å². The van der Waals surface area contributed by atoms with Crippen LogP contribution in [0.5, 0.6) is 0 Å². The molecule has 0 bridgehead atoms. The van der Waals surface area contributed by atoms with Gasteiger partial charge in [0, 0.05) is 19.6 Å². The third-order valence-corrected chi connectivity index (χ3v) is 8.80. The van der Waals surface area contributed by atoms with Gasteiger partial charge in [-0.25, -0.2) is 21.2 Å². The Morgan fingerprint density at radius 3 is 2.58 bits per heavy atom. The number of halogens is 1. The number of nitrogens with one attached hydrogen (secondary N) is 1. The Morgan fingerprint density at radius 1 is 1.21 bits per heavy atom. The molecule has 2 aliphatic heterocycles. The van der Waals surface area contributed by atoms with Crippen molar-refractivity contribution in [3.05, 3.63) is 35.6 Å². The molecule has 1 aromatic rings. The van der Waals surface area contributed by atoms with Crippen molar-refractivity contribution in [1.82, 2.24) is 9.62 Å². The molecule has 0 aromatic heterocycles. The molecule has 0 aliphatic carbocycles. The van der Waals surface area contributed by atoms with Gasteiger partial charge in [0.1, 0.15) is 15.7 Å². The van der Waals surface area contributed by atoms with E-state index in [0.717, 1.165) is 0 Å². The van der Waals surface area contributed by atoms with E-state index in [-0.39, 0.29) is 24.3 Å². The second kappa shape index (κ2) is 6.70. The molecule has 1 atom stereocenters. The van der Waals surface area contributed by atoms with E-state index < -0.39 is 37.0 Å². The van der Waals surface area contributed by atoms with E-state index >= 15 is 0 Å². The standard InChI is InChI=1S/C15H21FN2O4S2/c16-13-3-1-2-12(10-13)15-11-17-6-7-18(15)24(21,22)14-4-8-23(19,20)9-5-14/h1-3,10,14-15,17H,4-9,11H2. The first kappa shape index (κ1) is 17.8. The van der Waals surface area contributed by atoms with Gasteiger partial charge in [0.2, 0.25) is 10.0 Å². The smallest absolute Gasteiger partial charge is 0.217 e. The second-order valence-corrected chi connectivity index (χ2v) is 10.8. The third-order valence-electron chi connectivity index (χ3n) is 4.68. The van der Waals surface area contributed by atoms with E-state index in [0.29, 0.717) is 25.2 Å². The Balaban J connectivity index is 1.87. The Kier molecular flexibility index (Phi) is 4.96. The van der Waals surface area contributed by atoms with Gasteiger partial charge < -0.3 is 5.32 Å². The van der Waals surface area contributed by atoms with E-state index in [1.54, 1.807) is 12.1 Å². The number of hydrogen-bond donors (Lipinski definition) is 1. The van der Waals surface area contributed by atoms with E-state index in [1.165, 1.54) is 16.4 Å². The molecule has 2 heterocycles. The van der Waals surface area contributed by atoms with Crippen molar-refractivity contribution < 1.29 is 21.2 Å². The predicted molar refractivity (Wildman–Crippen MR) is 89.3 cm³/mol. The van der Waals surface area contributed by atoms with Gasteiger partial charge >= 0.3 is 0 Å². The Hall–Kier alpha value is -1.03. The minimum absolute atomic E-state index is 0.0897. The molecule has 0 radical (unpaired) electrons. The highest BCUT2D eigenvalue weighted by molar-refractivity contribution is 7.92. The summed E-state index contributed by atoms with van der Waals surface area (Å²) < 4.78 is 64.1. The summed E-state index contributed by atoms with van der Waals surface area (Å²) in [6.07, 6.45) is 0.259. The molecule has 1 aromatic carbocycles. The number of benzene rings is 1. The van der Waals surface area contributed by atoms with Crippen LogP contribution in [0, 0.1) is 5.82 Å². The minimum Gasteiger partial charge on any atom is -0.313 e. The summed E-state index contributed by atoms with van der Waals surface area (Å²) >= 11 is 0. The zero-order valence-electron chi connectivity index (χ0n) is 13.2. The molecule has 2 aliphatic rings. The number of rotatable bonds is 3. The molecular formula is C15H21FN2O4S2. The van der Waals surface area contributed by atoms with Crippen molar-refractivity contribution in [2.45, 2.75) is 24.1 Å². The lowest BCUT2D eigenvalue weighted by Gasteiger charge is -2.38. The van der Waals surface area contributed by atoms with Gasteiger partial charge in [-0.05, 0) is 30.5 Å². The molecule has 134 valence electrons. The maximum atomic E-state index is 13.5. The average Bonchev–Trinajstić information content (AvgIpc) is 2.54. The van der Waals surface area contributed by atoms with E-state index in [2.05, 4.69) is 5.32 Å². The average molecular weight is 376 g/mol. The van der Waals surface area contributed by atoms with Gasteiger partial charge in [-0.15, -0.1) is 0 Å². The van der Waals surface area contributed by atoms with Crippen molar-refractivity contribution >= 4 is 19.9 Å². The summed E-state index contributed by atoms with van der Waals surface area (Å²) in [4.78, 5) is 0. The normalized spacial score (nSPS) is 26.3. The highest BCUT2D eigenvalue weighted by atomic mass is 32.2. The molecule has 1 unspecified atom stereocenters. The first-order valence-electron chi connectivity index (χ1n) is 7.97. The number of nitrogens with zero attached hydrogens (tertiary/aromatic N) is 1. The van der Waals surface area contributed by atoms with Crippen molar-refractivity contribution in [2.75, 3.05) is 31.1 Å². The second-order valence-electron chi connectivity index (χ2n) is 6.28. The lowest BCUT2D eigenvalue weighted by molar-refractivity contribution is 0.267. The van der Waals surface area contributed by atoms with Crippen molar-refractivity contribution in [2.24, 2.45) is 0 Å². The van der Waals surface area contributed by atoms with E-state index in [1.807, 2.05) is 0 Å². The topological polar surface area (TPSA) is 83.5 Å². The molecule has 24 heavy (non-hydrogen) atoms. The molecule has 0 saturated carbocycles. The van der Waals surface area contributed by atoms with Crippen LogP contribution < -0.4 is 5.32 Å². The molecular weight excluding hydrogens is 355 g/mol. The van der Waals surface area contributed by atoms with Crippen LogP contribution in [-0.4, -0.2) is 57.5 Å². The van der Waals surface area contributed by atoms with Crippen LogP contribution in [0.25, 0.3) is 0 Å². The number of sulfone groups is 1. The molecule has 0 amide bonds. The molecule has 6 nitrogen and oxygen atoms in total. The maximum Gasteiger partial charge on any atom is 0.217 e. The van der Waals surface area contributed by atoms with Gasteiger partial charge in [-0.1, -0.05) is 12.1 Å². The molecule has 1 N–H and O–H groups in total. The van der Waals surface area contributed by atoms with Crippen LogP contribution in [-0.2, 0) is 19.9 Å². The van der Waals surface area contributed by atoms with Crippen LogP contribution in [0.4, 0.5) is 4.39 Å². The number of piperazine rings is 1. The molecule has 2 saturated heterocycles. The summed E-state index contributed by atoms with van der Waals surface area (Å²) in [5, 5.41) is 2.46. The summed E-state index contributed by atoms with van der Waals surface area (Å²) in [6, 6.07) is 5.49. The number of hydrogen-bond acceptors (Lipinski definition) is 5. The fourth-order valence-electron chi connectivity index (χ4n) is 3.35. The summed E-state index contributed by atoms with van der Waals surface area (Å²) in [7, 11) is -6.76. The van der Waals surface area contributed by atoms with Crippen LogP contribution >= 0.6 is 0 Å². The lowest BCUT2D eigenvalue weighted by atomic mass is 10.1. The fourth-order valence-corrected chi connectivity index (χ4v) is 7.25. The van der Waals surface area contributed by atoms with Crippen molar-refractivity contribution in [1.29, 1.82) is 0 Å². The van der Waals surface area contributed by atoms with E-state index in [9.17, 15) is 21.2 Å². The van der Waals surface area contributed by atoms with Gasteiger partial charge in [-0.3, -0.25) is 0 Å². The lowest BCUT2D eigenvalue weighted by Crippen LogP contribution is -2.52. The zero-order chi connectivity index (χ0) is 17.4. The quantitative estimate of drug-likeness (QED) is 0.839. The predicted octanol–water partition coefficient (Wildman–Crippen LogP) is 0.679. The first-order chi connectivity index (χ1) is 11.3. The zero-order valence-corrected chi connectivity index (χ0v) is 14.8. The Morgan fingerprint density at radius 2 is 1.92 bits per heavy atom. The third kappa shape index (κ3) is 3.63. The monoisotopic (exact) mass is 376 g/mol. The highest BCUT2D eigenvalue weighted by Crippen LogP contribution is 2.31. The van der Waals surface area contributed by atoms with Crippen LogP contribution in [0.3, 0.4) is 0 Å². The largest absolute Gasteiger partial charge is 0.313 e. The van der Waals surface area contributed by atoms with Crippen LogP contribution in [0.15, 0.2) is 24.3 Å². The summed E-state index contributed by atoms with van der Waals surface area (Å²) in [5.74, 6) is -0.583. The molecule has 9 heteroatoms. The molecule has 2 fully saturated rings. The molecule has 3 rings (SSSR count). The highest BCUT2D eigenvalue weighted by Gasteiger charge is 2.41. The van der Waals surface area contributed by atoms with Gasteiger partial charge in [0.25, 0.3) is 0 Å². The Labute approximate surface area is 142 Å². The summed E-state index contributed by atoms with van der Waals surface area (Å²) in [6.45, 7) is 1.23. The maximum absolute atomic E-state index is 13.5. The molecule has 0 spiro atoms. The fraction of sp³-hybridized carbons (Fsp3) is 0.600. The summed E-state index contributed by atoms with van der Waals surface area (Å²) in [5.41, 5.74) is 0.606. The van der Waals surface area contributed by atoms with Crippen molar-refractivity contribution in [3.63, 3.8) is 0 Å². The van der Waals surface area contributed by atoms with Gasteiger partial charge in [0.05, 0.1) is 22.8 Å². The first-order valence-corrected chi connectivity index (χ1v) is 11.3. The van der Waals surface area contributed by atoms with Gasteiger partial charge in [0.15, 0.2) is 0 Å². The number of sulfonamides is 1. The minimum atomic E-state index is -3.64. The van der Waals surface area contributed by atoms with Crippen LogP contribution in [0.1, 0.15) is 24.4 Å². The van der Waals surface area contributed by atoms with Crippen molar-refractivity contribution in [3.8, 4) is 0 Å². The van der Waals surface area contributed by atoms with E-state index in [4.69, 9.17) is 0 Å². The SMILES string of the molecule is O=S1(=O)CCC(S(=O)(=O)N2CCNCC2c2cccc(F)c2)CC1.